The largest absolute Gasteiger partial charge is 0.481 e. The lowest BCUT2D eigenvalue weighted by Crippen LogP contribution is -2.41. The number of aliphatic carboxylic acids is 1. The lowest BCUT2D eigenvalue weighted by Gasteiger charge is -2.30. The maximum absolute atomic E-state index is 11.9. The van der Waals surface area contributed by atoms with Crippen LogP contribution in [0.1, 0.15) is 18.7 Å². The van der Waals surface area contributed by atoms with Crippen molar-refractivity contribution in [3.63, 3.8) is 0 Å². The predicted molar refractivity (Wildman–Crippen MR) is 61.7 cm³/mol. The Morgan fingerprint density at radius 2 is 2.16 bits per heavy atom. The van der Waals surface area contributed by atoms with Crippen molar-refractivity contribution in [2.75, 3.05) is 13.1 Å². The minimum Gasteiger partial charge on any atom is -0.481 e. The first-order valence-electron chi connectivity index (χ1n) is 5.90. The van der Waals surface area contributed by atoms with E-state index in [1.807, 2.05) is 0 Å². The van der Waals surface area contributed by atoms with Gasteiger partial charge in [-0.1, -0.05) is 0 Å². The van der Waals surface area contributed by atoms with Gasteiger partial charge < -0.3 is 10.0 Å². The molecule has 1 aliphatic rings. The number of hydrogen-bond donors (Lipinski definition) is 1. The fraction of sp³-hybridized carbons (Fsp3) is 0.545. The number of rotatable bonds is 3. The SMILES string of the molecule is N#Cc1ncn(CC(=O)N2CCC(C(=O)O)CC2)n1. The van der Waals surface area contributed by atoms with Crippen LogP contribution in [0.3, 0.4) is 0 Å². The zero-order valence-corrected chi connectivity index (χ0v) is 10.2. The van der Waals surface area contributed by atoms with Gasteiger partial charge in [-0.15, -0.1) is 5.10 Å². The van der Waals surface area contributed by atoms with E-state index in [0.717, 1.165) is 0 Å². The van der Waals surface area contributed by atoms with Crippen LogP contribution in [0.5, 0.6) is 0 Å². The summed E-state index contributed by atoms with van der Waals surface area (Å²) in [6, 6.07) is 1.79. The summed E-state index contributed by atoms with van der Waals surface area (Å²) in [6.07, 6.45) is 2.28. The van der Waals surface area contributed by atoms with Gasteiger partial charge in [-0.05, 0) is 12.8 Å². The first-order valence-corrected chi connectivity index (χ1v) is 5.90. The third-order valence-corrected chi connectivity index (χ3v) is 3.13. The van der Waals surface area contributed by atoms with Gasteiger partial charge in [0.05, 0.1) is 5.92 Å². The van der Waals surface area contributed by atoms with Crippen LogP contribution >= 0.6 is 0 Å². The Morgan fingerprint density at radius 3 is 2.68 bits per heavy atom. The van der Waals surface area contributed by atoms with Crippen molar-refractivity contribution in [1.82, 2.24) is 19.7 Å². The van der Waals surface area contributed by atoms with Gasteiger partial charge in [0, 0.05) is 13.1 Å². The summed E-state index contributed by atoms with van der Waals surface area (Å²) in [5, 5.41) is 21.3. The molecular weight excluding hydrogens is 250 g/mol. The summed E-state index contributed by atoms with van der Waals surface area (Å²) in [5.41, 5.74) is 0. The Hall–Kier alpha value is -2.43. The number of piperidine rings is 1. The molecule has 1 aromatic heterocycles. The lowest BCUT2D eigenvalue weighted by molar-refractivity contribution is -0.145. The van der Waals surface area contributed by atoms with Crippen LogP contribution in [0.25, 0.3) is 0 Å². The molecule has 0 atom stereocenters. The smallest absolute Gasteiger partial charge is 0.306 e. The van der Waals surface area contributed by atoms with Crippen molar-refractivity contribution >= 4 is 11.9 Å². The van der Waals surface area contributed by atoms with E-state index in [1.165, 1.54) is 11.0 Å². The van der Waals surface area contributed by atoms with Crippen molar-refractivity contribution in [3.8, 4) is 6.07 Å². The summed E-state index contributed by atoms with van der Waals surface area (Å²) in [7, 11) is 0. The molecule has 1 fully saturated rings. The minimum absolute atomic E-state index is 0.0203. The molecule has 1 N–H and O–H groups in total. The first-order chi connectivity index (χ1) is 9.10. The third kappa shape index (κ3) is 3.07. The van der Waals surface area contributed by atoms with Crippen molar-refractivity contribution in [1.29, 1.82) is 5.26 Å². The van der Waals surface area contributed by atoms with Gasteiger partial charge in [0.25, 0.3) is 5.82 Å². The minimum atomic E-state index is -0.804. The average Bonchev–Trinajstić information content (AvgIpc) is 2.86. The molecule has 0 aromatic carbocycles. The van der Waals surface area contributed by atoms with E-state index < -0.39 is 5.97 Å². The normalized spacial score (nSPS) is 16.1. The van der Waals surface area contributed by atoms with E-state index in [1.54, 1.807) is 11.0 Å². The molecule has 0 spiro atoms. The Morgan fingerprint density at radius 1 is 1.47 bits per heavy atom. The van der Waals surface area contributed by atoms with Crippen molar-refractivity contribution in [2.24, 2.45) is 5.92 Å². The van der Waals surface area contributed by atoms with E-state index in [2.05, 4.69) is 10.1 Å². The highest BCUT2D eigenvalue weighted by Crippen LogP contribution is 2.17. The number of carboxylic acid groups (broad SMARTS) is 1. The Bertz CT molecular complexity index is 525. The highest BCUT2D eigenvalue weighted by molar-refractivity contribution is 5.76. The zero-order valence-electron chi connectivity index (χ0n) is 10.2. The number of nitrogens with zero attached hydrogens (tertiary/aromatic N) is 5. The average molecular weight is 263 g/mol. The summed E-state index contributed by atoms with van der Waals surface area (Å²) >= 11 is 0. The molecule has 0 unspecified atom stereocenters. The number of hydrogen-bond acceptors (Lipinski definition) is 5. The summed E-state index contributed by atoms with van der Waals surface area (Å²) in [5.74, 6) is -1.28. The monoisotopic (exact) mass is 263 g/mol. The van der Waals surface area contributed by atoms with Crippen LogP contribution in [-0.4, -0.2) is 49.7 Å². The summed E-state index contributed by atoms with van der Waals surface area (Å²) < 4.78 is 1.31. The molecular formula is C11H13N5O3. The van der Waals surface area contributed by atoms with E-state index in [9.17, 15) is 9.59 Å². The molecule has 2 rings (SSSR count). The Kier molecular flexibility index (Phi) is 3.75. The quantitative estimate of drug-likeness (QED) is 0.784. The van der Waals surface area contributed by atoms with Crippen LogP contribution in [0.4, 0.5) is 0 Å². The number of carboxylic acids is 1. The molecule has 1 aromatic rings. The molecule has 1 saturated heterocycles. The van der Waals surface area contributed by atoms with Gasteiger partial charge in [0.15, 0.2) is 0 Å². The van der Waals surface area contributed by atoms with Crippen LogP contribution in [0.15, 0.2) is 6.33 Å². The van der Waals surface area contributed by atoms with Gasteiger partial charge in [-0.2, -0.15) is 5.26 Å². The fourth-order valence-corrected chi connectivity index (χ4v) is 2.04. The van der Waals surface area contributed by atoms with Crippen LogP contribution in [-0.2, 0) is 16.1 Å². The van der Waals surface area contributed by atoms with Crippen molar-refractivity contribution < 1.29 is 14.7 Å². The van der Waals surface area contributed by atoms with Crippen LogP contribution < -0.4 is 0 Å². The van der Waals surface area contributed by atoms with Gasteiger partial charge in [-0.25, -0.2) is 9.67 Å². The molecule has 1 aliphatic heterocycles. The number of likely N-dealkylation sites (tertiary alicyclic amines) is 1. The van der Waals surface area contributed by atoms with E-state index in [-0.39, 0.29) is 24.2 Å². The number of carbonyl (C=O) groups excluding carboxylic acids is 1. The maximum Gasteiger partial charge on any atom is 0.306 e. The lowest BCUT2D eigenvalue weighted by atomic mass is 9.97. The molecule has 0 bridgehead atoms. The highest BCUT2D eigenvalue weighted by atomic mass is 16.4. The second-order valence-corrected chi connectivity index (χ2v) is 4.37. The number of carbonyl (C=O) groups is 2. The fourth-order valence-electron chi connectivity index (χ4n) is 2.04. The molecule has 1 amide bonds. The molecule has 2 heterocycles. The topological polar surface area (TPSA) is 112 Å². The Balaban J connectivity index is 1.88. The third-order valence-electron chi connectivity index (χ3n) is 3.13. The second-order valence-electron chi connectivity index (χ2n) is 4.37. The molecule has 0 aliphatic carbocycles. The van der Waals surface area contributed by atoms with E-state index >= 15 is 0 Å². The molecule has 100 valence electrons. The standard InChI is InChI=1S/C11H13N5O3/c12-5-9-13-7-16(14-9)6-10(17)15-3-1-8(2-4-15)11(18)19/h7-8H,1-4,6H2,(H,18,19). The van der Waals surface area contributed by atoms with E-state index in [4.69, 9.17) is 10.4 Å². The Labute approximate surface area is 109 Å². The first kappa shape index (κ1) is 13.0. The number of amides is 1. The number of aromatic nitrogens is 3. The molecule has 19 heavy (non-hydrogen) atoms. The molecule has 0 saturated carbocycles. The zero-order chi connectivity index (χ0) is 13.8. The van der Waals surface area contributed by atoms with Gasteiger partial charge in [0.2, 0.25) is 5.91 Å². The second kappa shape index (κ2) is 5.48. The molecule has 8 heteroatoms. The van der Waals surface area contributed by atoms with Gasteiger partial charge in [-0.3, -0.25) is 9.59 Å². The predicted octanol–water partition coefficient (Wildman–Crippen LogP) is -0.527. The van der Waals surface area contributed by atoms with E-state index in [0.29, 0.717) is 25.9 Å². The van der Waals surface area contributed by atoms with Crippen LogP contribution in [0, 0.1) is 17.2 Å². The summed E-state index contributed by atoms with van der Waals surface area (Å²) in [4.78, 5) is 28.1. The molecule has 8 nitrogen and oxygen atoms in total. The number of nitriles is 1. The molecule has 0 radical (unpaired) electrons. The maximum atomic E-state index is 11.9. The summed E-state index contributed by atoms with van der Waals surface area (Å²) in [6.45, 7) is 0.900. The highest BCUT2D eigenvalue weighted by Gasteiger charge is 2.27. The van der Waals surface area contributed by atoms with Crippen molar-refractivity contribution in [3.05, 3.63) is 12.2 Å². The van der Waals surface area contributed by atoms with Crippen LogP contribution in [0.2, 0.25) is 0 Å². The van der Waals surface area contributed by atoms with Gasteiger partial charge in [0.1, 0.15) is 18.9 Å². The van der Waals surface area contributed by atoms with Gasteiger partial charge >= 0.3 is 5.97 Å². The van der Waals surface area contributed by atoms with Crippen molar-refractivity contribution in [2.45, 2.75) is 19.4 Å².